The van der Waals surface area contributed by atoms with Crippen molar-refractivity contribution in [2.45, 2.75) is 18.9 Å². The first-order valence-corrected chi connectivity index (χ1v) is 6.74. The fourth-order valence-corrected chi connectivity index (χ4v) is 2.64. The van der Waals surface area contributed by atoms with E-state index in [9.17, 15) is 14.7 Å². The van der Waals surface area contributed by atoms with E-state index in [2.05, 4.69) is 4.98 Å². The van der Waals surface area contributed by atoms with Gasteiger partial charge in [-0.05, 0) is 25.0 Å². The molecule has 2 aromatic rings. The van der Waals surface area contributed by atoms with Crippen LogP contribution in [0.5, 0.6) is 0 Å². The number of aromatic nitrogens is 1. The molecule has 0 radical (unpaired) electrons. The number of fused-ring (bicyclic) bond motifs is 1. The molecule has 1 aromatic heterocycles. The first-order chi connectivity index (χ1) is 9.66. The normalized spacial score (nSPS) is 19.2. The Morgan fingerprint density at radius 1 is 1.35 bits per heavy atom. The van der Waals surface area contributed by atoms with Crippen LogP contribution in [-0.4, -0.2) is 40.1 Å². The Morgan fingerprint density at radius 2 is 2.15 bits per heavy atom. The highest BCUT2D eigenvalue weighted by Crippen LogP contribution is 2.13. The van der Waals surface area contributed by atoms with E-state index < -0.39 is 6.10 Å². The second-order valence-electron chi connectivity index (χ2n) is 5.12. The average Bonchev–Trinajstić information content (AvgIpc) is 2.47. The third kappa shape index (κ3) is 2.20. The van der Waals surface area contributed by atoms with Crippen LogP contribution in [0.25, 0.3) is 10.9 Å². The lowest BCUT2D eigenvalue weighted by Gasteiger charge is -2.29. The summed E-state index contributed by atoms with van der Waals surface area (Å²) in [4.78, 5) is 29.3. The molecule has 5 heteroatoms. The molecule has 0 spiro atoms. The maximum Gasteiger partial charge on any atom is 0.259 e. The molecule has 1 aliphatic heterocycles. The second-order valence-corrected chi connectivity index (χ2v) is 5.12. The fraction of sp³-hybridized carbons (Fsp3) is 0.333. The molecule has 1 unspecified atom stereocenters. The van der Waals surface area contributed by atoms with Crippen molar-refractivity contribution in [1.82, 2.24) is 9.88 Å². The first-order valence-electron chi connectivity index (χ1n) is 6.74. The van der Waals surface area contributed by atoms with Crippen molar-refractivity contribution in [2.75, 3.05) is 13.1 Å². The molecule has 1 atom stereocenters. The predicted octanol–water partition coefficient (Wildman–Crippen LogP) is 1.12. The Bertz CT molecular complexity index is 708. The highest BCUT2D eigenvalue weighted by Gasteiger charge is 2.25. The number of hydrogen-bond donors (Lipinski definition) is 2. The zero-order valence-corrected chi connectivity index (χ0v) is 11.0. The van der Waals surface area contributed by atoms with Crippen LogP contribution in [0, 0.1) is 0 Å². The van der Waals surface area contributed by atoms with Gasteiger partial charge in [-0.2, -0.15) is 0 Å². The Labute approximate surface area is 115 Å². The summed E-state index contributed by atoms with van der Waals surface area (Å²) in [5.74, 6) is -0.309. The number of amides is 1. The van der Waals surface area contributed by atoms with Crippen LogP contribution in [0.15, 0.2) is 35.3 Å². The van der Waals surface area contributed by atoms with Gasteiger partial charge in [-0.25, -0.2) is 0 Å². The number of piperidine rings is 1. The molecule has 2 N–H and O–H groups in total. The third-order valence-corrected chi connectivity index (χ3v) is 3.70. The molecule has 1 aliphatic rings. The molecule has 20 heavy (non-hydrogen) atoms. The molecule has 2 heterocycles. The van der Waals surface area contributed by atoms with E-state index in [-0.39, 0.29) is 16.9 Å². The largest absolute Gasteiger partial charge is 0.391 e. The minimum atomic E-state index is -0.493. The highest BCUT2D eigenvalue weighted by molar-refractivity contribution is 5.97. The quantitative estimate of drug-likeness (QED) is 0.817. The molecular formula is C15H16N2O3. The van der Waals surface area contributed by atoms with E-state index in [1.807, 2.05) is 6.07 Å². The van der Waals surface area contributed by atoms with Gasteiger partial charge in [-0.15, -0.1) is 0 Å². The standard InChI is InChI=1S/C15H16N2O3/c18-10-4-3-7-17(9-10)15(20)12-8-16-13-6-2-1-5-11(13)14(12)19/h1-2,5-6,8,10,18H,3-4,7,9H2,(H,16,19). The smallest absolute Gasteiger partial charge is 0.259 e. The van der Waals surface area contributed by atoms with Gasteiger partial charge in [0, 0.05) is 30.2 Å². The van der Waals surface area contributed by atoms with Crippen LogP contribution in [0.1, 0.15) is 23.2 Å². The van der Waals surface area contributed by atoms with Gasteiger partial charge >= 0.3 is 0 Å². The van der Waals surface area contributed by atoms with Gasteiger partial charge in [0.2, 0.25) is 5.43 Å². The van der Waals surface area contributed by atoms with Crippen molar-refractivity contribution in [3.8, 4) is 0 Å². The van der Waals surface area contributed by atoms with Crippen LogP contribution < -0.4 is 5.43 Å². The summed E-state index contributed by atoms with van der Waals surface area (Å²) in [5.41, 5.74) is 0.593. The van der Waals surface area contributed by atoms with Crippen molar-refractivity contribution < 1.29 is 9.90 Å². The number of para-hydroxylation sites is 1. The van der Waals surface area contributed by atoms with Gasteiger partial charge in [-0.3, -0.25) is 9.59 Å². The van der Waals surface area contributed by atoms with Gasteiger partial charge in [0.05, 0.1) is 6.10 Å². The molecular weight excluding hydrogens is 256 g/mol. The van der Waals surface area contributed by atoms with Gasteiger partial charge in [-0.1, -0.05) is 12.1 Å². The summed E-state index contributed by atoms with van der Waals surface area (Å²) in [6, 6.07) is 7.11. The summed E-state index contributed by atoms with van der Waals surface area (Å²) < 4.78 is 0. The van der Waals surface area contributed by atoms with Crippen molar-refractivity contribution in [3.63, 3.8) is 0 Å². The monoisotopic (exact) mass is 272 g/mol. The lowest BCUT2D eigenvalue weighted by molar-refractivity contribution is 0.0472. The number of hydrogen-bond acceptors (Lipinski definition) is 3. The maximum atomic E-state index is 12.4. The summed E-state index contributed by atoms with van der Waals surface area (Å²) in [7, 11) is 0. The number of rotatable bonds is 1. The molecule has 0 saturated carbocycles. The zero-order chi connectivity index (χ0) is 14.1. The number of nitrogens with zero attached hydrogens (tertiary/aromatic N) is 1. The van der Waals surface area contributed by atoms with Gasteiger partial charge in [0.1, 0.15) is 5.56 Å². The summed E-state index contributed by atoms with van der Waals surface area (Å²) in [5, 5.41) is 10.1. The number of β-amino-alcohol motifs (C(OH)–C–C–N with tert-alkyl or cyclic N) is 1. The van der Waals surface area contributed by atoms with Crippen molar-refractivity contribution >= 4 is 16.8 Å². The minimum absolute atomic E-state index is 0.137. The van der Waals surface area contributed by atoms with E-state index in [1.54, 1.807) is 23.1 Å². The minimum Gasteiger partial charge on any atom is -0.391 e. The molecule has 1 amide bonds. The third-order valence-electron chi connectivity index (χ3n) is 3.70. The van der Waals surface area contributed by atoms with Gasteiger partial charge in [0.25, 0.3) is 5.91 Å². The fourth-order valence-electron chi connectivity index (χ4n) is 2.64. The molecule has 1 saturated heterocycles. The molecule has 3 rings (SSSR count). The Morgan fingerprint density at radius 3 is 2.95 bits per heavy atom. The van der Waals surface area contributed by atoms with Crippen molar-refractivity contribution in [1.29, 1.82) is 0 Å². The van der Waals surface area contributed by atoms with E-state index >= 15 is 0 Å². The van der Waals surface area contributed by atoms with Crippen LogP contribution >= 0.6 is 0 Å². The number of aliphatic hydroxyl groups excluding tert-OH is 1. The number of H-pyrrole nitrogens is 1. The number of aromatic amines is 1. The second kappa shape index (κ2) is 5.09. The number of carbonyl (C=O) groups excluding carboxylic acids is 1. The topological polar surface area (TPSA) is 73.4 Å². The van der Waals surface area contributed by atoms with E-state index in [0.29, 0.717) is 30.4 Å². The lowest BCUT2D eigenvalue weighted by Crippen LogP contribution is -2.43. The van der Waals surface area contributed by atoms with Crippen LogP contribution in [0.4, 0.5) is 0 Å². The molecule has 0 bridgehead atoms. The van der Waals surface area contributed by atoms with Crippen molar-refractivity contribution in [2.24, 2.45) is 0 Å². The number of nitrogens with one attached hydrogen (secondary N) is 1. The SMILES string of the molecule is O=C(c1c[nH]c2ccccc2c1=O)N1CCCC(O)C1. The summed E-state index contributed by atoms with van der Waals surface area (Å²) >= 11 is 0. The number of pyridine rings is 1. The van der Waals surface area contributed by atoms with Crippen LogP contribution in [0.2, 0.25) is 0 Å². The molecule has 104 valence electrons. The number of likely N-dealkylation sites (tertiary alicyclic amines) is 1. The maximum absolute atomic E-state index is 12.4. The molecule has 5 nitrogen and oxygen atoms in total. The van der Waals surface area contributed by atoms with Crippen LogP contribution in [0.3, 0.4) is 0 Å². The number of benzene rings is 1. The number of carbonyl (C=O) groups is 1. The first kappa shape index (κ1) is 12.9. The van der Waals surface area contributed by atoms with E-state index in [4.69, 9.17) is 0 Å². The average molecular weight is 272 g/mol. The summed E-state index contributed by atoms with van der Waals surface area (Å²) in [6.45, 7) is 0.882. The Balaban J connectivity index is 1.99. The summed E-state index contributed by atoms with van der Waals surface area (Å²) in [6.07, 6.45) is 2.44. The predicted molar refractivity (Wildman–Crippen MR) is 75.7 cm³/mol. The van der Waals surface area contributed by atoms with Crippen LogP contribution in [-0.2, 0) is 0 Å². The zero-order valence-electron chi connectivity index (χ0n) is 11.0. The Hall–Kier alpha value is -2.14. The number of aliphatic hydroxyl groups is 1. The van der Waals surface area contributed by atoms with E-state index in [1.165, 1.54) is 6.20 Å². The molecule has 1 fully saturated rings. The lowest BCUT2D eigenvalue weighted by atomic mass is 10.1. The van der Waals surface area contributed by atoms with Gasteiger partial charge in [0.15, 0.2) is 0 Å². The molecule has 0 aliphatic carbocycles. The van der Waals surface area contributed by atoms with E-state index in [0.717, 1.165) is 6.42 Å². The van der Waals surface area contributed by atoms with Gasteiger partial charge < -0.3 is 15.0 Å². The highest BCUT2D eigenvalue weighted by atomic mass is 16.3. The Kier molecular flexibility index (Phi) is 3.28. The van der Waals surface area contributed by atoms with Crippen molar-refractivity contribution in [3.05, 3.63) is 46.2 Å². The molecule has 1 aromatic carbocycles.